The van der Waals surface area contributed by atoms with Gasteiger partial charge in [0, 0.05) is 18.2 Å². The minimum absolute atomic E-state index is 0.171. The summed E-state index contributed by atoms with van der Waals surface area (Å²) >= 11 is 0. The number of hydrogen-bond acceptors (Lipinski definition) is 2. The van der Waals surface area contributed by atoms with Crippen LogP contribution in [0.1, 0.15) is 57.9 Å². The molecule has 2 unspecified atom stereocenters. The predicted molar refractivity (Wildman–Crippen MR) is 92.5 cm³/mol. The van der Waals surface area contributed by atoms with Crippen molar-refractivity contribution >= 4 is 11.6 Å². The van der Waals surface area contributed by atoms with E-state index in [0.29, 0.717) is 18.4 Å². The van der Waals surface area contributed by atoms with Gasteiger partial charge < -0.3 is 11.1 Å². The standard InChI is InChI=1S/C19H30N2O/c1-14(2)10-11-16-7-5-9-18(16)21-19(22)13-12-15-6-3-4-8-17(15)20/h3-4,6,8,14,16,18H,5,7,9-13,20H2,1-2H3,(H,21,22). The zero-order chi connectivity index (χ0) is 15.9. The normalized spacial score (nSPS) is 21.2. The van der Waals surface area contributed by atoms with Crippen molar-refractivity contribution < 1.29 is 4.79 Å². The number of nitrogens with one attached hydrogen (secondary N) is 1. The van der Waals surface area contributed by atoms with Gasteiger partial charge in [-0.3, -0.25) is 4.79 Å². The molecule has 2 atom stereocenters. The summed E-state index contributed by atoms with van der Waals surface area (Å²) in [6.45, 7) is 4.54. The smallest absolute Gasteiger partial charge is 0.220 e. The van der Waals surface area contributed by atoms with E-state index in [0.717, 1.165) is 30.0 Å². The van der Waals surface area contributed by atoms with Crippen molar-refractivity contribution in [2.45, 2.75) is 64.8 Å². The average Bonchev–Trinajstić information content (AvgIpc) is 2.91. The molecule has 0 bridgehead atoms. The zero-order valence-corrected chi connectivity index (χ0v) is 14.0. The van der Waals surface area contributed by atoms with Crippen LogP contribution in [0.4, 0.5) is 5.69 Å². The Bertz CT molecular complexity index is 484. The van der Waals surface area contributed by atoms with Gasteiger partial charge in [0.25, 0.3) is 0 Å². The van der Waals surface area contributed by atoms with E-state index in [-0.39, 0.29) is 5.91 Å². The zero-order valence-electron chi connectivity index (χ0n) is 14.0. The molecule has 1 fully saturated rings. The number of aryl methyl sites for hydroxylation is 1. The molecule has 0 heterocycles. The lowest BCUT2D eigenvalue weighted by Crippen LogP contribution is -2.37. The van der Waals surface area contributed by atoms with Crippen molar-refractivity contribution in [3.8, 4) is 0 Å². The van der Waals surface area contributed by atoms with Crippen LogP contribution < -0.4 is 11.1 Å². The molecule has 1 amide bonds. The van der Waals surface area contributed by atoms with Gasteiger partial charge in [-0.05, 0) is 49.1 Å². The quantitative estimate of drug-likeness (QED) is 0.750. The maximum Gasteiger partial charge on any atom is 0.220 e. The third-order valence-electron chi connectivity index (χ3n) is 4.80. The number of carbonyl (C=O) groups is 1. The SMILES string of the molecule is CC(C)CCC1CCCC1NC(=O)CCc1ccccc1N. The van der Waals surface area contributed by atoms with E-state index in [9.17, 15) is 4.79 Å². The van der Waals surface area contributed by atoms with Gasteiger partial charge in [-0.15, -0.1) is 0 Å². The highest BCUT2D eigenvalue weighted by Crippen LogP contribution is 2.30. The van der Waals surface area contributed by atoms with E-state index >= 15 is 0 Å². The molecule has 0 aromatic heterocycles. The van der Waals surface area contributed by atoms with Crippen molar-refractivity contribution in [1.82, 2.24) is 5.32 Å². The number of amides is 1. The molecule has 2 rings (SSSR count). The topological polar surface area (TPSA) is 55.1 Å². The Hall–Kier alpha value is -1.51. The first kappa shape index (κ1) is 16.9. The Morgan fingerprint density at radius 2 is 2.09 bits per heavy atom. The van der Waals surface area contributed by atoms with E-state index in [1.165, 1.54) is 25.7 Å². The highest BCUT2D eigenvalue weighted by molar-refractivity contribution is 5.76. The molecule has 1 aromatic rings. The summed E-state index contributed by atoms with van der Waals surface area (Å²) in [6.07, 6.45) is 7.42. The Labute approximate surface area is 134 Å². The number of hydrogen-bond donors (Lipinski definition) is 2. The van der Waals surface area contributed by atoms with E-state index < -0.39 is 0 Å². The van der Waals surface area contributed by atoms with Crippen LogP contribution in [-0.2, 0) is 11.2 Å². The number of nitrogens with two attached hydrogens (primary N) is 1. The summed E-state index contributed by atoms with van der Waals surface area (Å²) in [6, 6.07) is 8.19. The maximum absolute atomic E-state index is 12.2. The fourth-order valence-corrected chi connectivity index (χ4v) is 3.41. The van der Waals surface area contributed by atoms with Gasteiger partial charge in [0.05, 0.1) is 0 Å². The molecule has 0 saturated heterocycles. The monoisotopic (exact) mass is 302 g/mol. The van der Waals surface area contributed by atoms with Gasteiger partial charge in [-0.25, -0.2) is 0 Å². The van der Waals surface area contributed by atoms with E-state index in [2.05, 4.69) is 19.2 Å². The van der Waals surface area contributed by atoms with Crippen molar-refractivity contribution in [2.24, 2.45) is 11.8 Å². The summed E-state index contributed by atoms with van der Waals surface area (Å²) in [5, 5.41) is 3.26. The molecule has 0 radical (unpaired) electrons. The Balaban J connectivity index is 1.77. The van der Waals surface area contributed by atoms with E-state index in [1.807, 2.05) is 24.3 Å². The molecule has 1 saturated carbocycles. The molecular weight excluding hydrogens is 272 g/mol. The third-order valence-corrected chi connectivity index (χ3v) is 4.80. The highest BCUT2D eigenvalue weighted by atomic mass is 16.1. The van der Waals surface area contributed by atoms with Gasteiger partial charge in [0.1, 0.15) is 0 Å². The van der Waals surface area contributed by atoms with Gasteiger partial charge >= 0.3 is 0 Å². The lowest BCUT2D eigenvalue weighted by Gasteiger charge is -2.22. The fourth-order valence-electron chi connectivity index (χ4n) is 3.41. The molecular formula is C19H30N2O. The van der Waals surface area contributed by atoms with Gasteiger partial charge in [-0.1, -0.05) is 44.9 Å². The van der Waals surface area contributed by atoms with Crippen LogP contribution >= 0.6 is 0 Å². The lowest BCUT2D eigenvalue weighted by molar-refractivity contribution is -0.122. The number of benzene rings is 1. The highest BCUT2D eigenvalue weighted by Gasteiger charge is 2.28. The molecule has 0 spiro atoms. The van der Waals surface area contributed by atoms with Crippen LogP contribution in [-0.4, -0.2) is 11.9 Å². The Morgan fingerprint density at radius 1 is 1.32 bits per heavy atom. The molecule has 3 heteroatoms. The first-order chi connectivity index (χ1) is 10.6. The second-order valence-electron chi connectivity index (χ2n) is 7.04. The lowest BCUT2D eigenvalue weighted by atomic mass is 9.93. The first-order valence-corrected chi connectivity index (χ1v) is 8.69. The van der Waals surface area contributed by atoms with Crippen LogP contribution in [0, 0.1) is 11.8 Å². The third kappa shape index (κ3) is 5.04. The van der Waals surface area contributed by atoms with Crippen LogP contribution in [0.15, 0.2) is 24.3 Å². The molecule has 1 aliphatic rings. The van der Waals surface area contributed by atoms with Crippen LogP contribution in [0.3, 0.4) is 0 Å². The molecule has 1 aromatic carbocycles. The molecule has 0 aliphatic heterocycles. The van der Waals surface area contributed by atoms with Crippen molar-refractivity contribution in [1.29, 1.82) is 0 Å². The minimum atomic E-state index is 0.171. The predicted octanol–water partition coefficient (Wildman–Crippen LogP) is 3.92. The molecule has 22 heavy (non-hydrogen) atoms. The number of para-hydroxylation sites is 1. The Kier molecular flexibility index (Phi) is 6.29. The molecule has 3 N–H and O–H groups in total. The van der Waals surface area contributed by atoms with Crippen LogP contribution in [0.2, 0.25) is 0 Å². The largest absolute Gasteiger partial charge is 0.399 e. The van der Waals surface area contributed by atoms with Crippen molar-refractivity contribution in [3.63, 3.8) is 0 Å². The number of rotatable bonds is 7. The molecule has 122 valence electrons. The second-order valence-corrected chi connectivity index (χ2v) is 7.04. The first-order valence-electron chi connectivity index (χ1n) is 8.69. The van der Waals surface area contributed by atoms with Crippen molar-refractivity contribution in [2.75, 3.05) is 5.73 Å². The molecule has 3 nitrogen and oxygen atoms in total. The molecule has 1 aliphatic carbocycles. The Morgan fingerprint density at radius 3 is 2.82 bits per heavy atom. The average molecular weight is 302 g/mol. The van der Waals surface area contributed by atoms with Gasteiger partial charge in [0.15, 0.2) is 0 Å². The van der Waals surface area contributed by atoms with Gasteiger partial charge in [0.2, 0.25) is 5.91 Å². The summed E-state index contributed by atoms with van der Waals surface area (Å²) in [4.78, 5) is 12.2. The van der Waals surface area contributed by atoms with Crippen LogP contribution in [0.5, 0.6) is 0 Å². The summed E-state index contributed by atoms with van der Waals surface area (Å²) in [7, 11) is 0. The fraction of sp³-hybridized carbons (Fsp3) is 0.632. The number of carbonyl (C=O) groups excluding carboxylic acids is 1. The second kappa shape index (κ2) is 8.21. The summed E-state index contributed by atoms with van der Waals surface area (Å²) in [5.41, 5.74) is 7.78. The van der Waals surface area contributed by atoms with Crippen LogP contribution in [0.25, 0.3) is 0 Å². The van der Waals surface area contributed by atoms with E-state index in [1.54, 1.807) is 0 Å². The maximum atomic E-state index is 12.2. The summed E-state index contributed by atoms with van der Waals surface area (Å²) in [5.74, 6) is 1.59. The van der Waals surface area contributed by atoms with Gasteiger partial charge in [-0.2, -0.15) is 0 Å². The number of anilines is 1. The minimum Gasteiger partial charge on any atom is -0.399 e. The number of nitrogen functional groups attached to an aromatic ring is 1. The summed E-state index contributed by atoms with van der Waals surface area (Å²) < 4.78 is 0. The van der Waals surface area contributed by atoms with E-state index in [4.69, 9.17) is 5.73 Å². The van der Waals surface area contributed by atoms with Crippen molar-refractivity contribution in [3.05, 3.63) is 29.8 Å².